The highest BCUT2D eigenvalue weighted by Crippen LogP contribution is 2.28. The Balaban J connectivity index is 2.21. The fraction of sp³-hybridized carbons (Fsp3) is 0.400. The number of hydrogen-bond donors (Lipinski definition) is 0. The number of benzene rings is 1. The van der Waals surface area contributed by atoms with Crippen molar-refractivity contribution in [2.75, 3.05) is 14.2 Å². The number of carbonyl (C=O) groups is 1. The number of hydrogen-bond acceptors (Lipinski definition) is 3. The first-order valence-corrected chi connectivity index (χ1v) is 6.65. The molecule has 1 saturated carbocycles. The van der Waals surface area contributed by atoms with E-state index >= 15 is 0 Å². The highest BCUT2D eigenvalue weighted by Gasteiger charge is 2.33. The number of methoxy groups -OCH3 is 2. The summed E-state index contributed by atoms with van der Waals surface area (Å²) in [6.07, 6.45) is 3.16. The first-order valence-electron chi connectivity index (χ1n) is 6.21. The van der Waals surface area contributed by atoms with Crippen LogP contribution in [0.4, 0.5) is 0 Å². The van der Waals surface area contributed by atoms with Crippen molar-refractivity contribution in [3.63, 3.8) is 0 Å². The van der Waals surface area contributed by atoms with Crippen LogP contribution in [0.3, 0.4) is 0 Å². The van der Waals surface area contributed by atoms with E-state index in [2.05, 4.69) is 0 Å². The van der Waals surface area contributed by atoms with Gasteiger partial charge in [0.05, 0.1) is 13.2 Å². The first kappa shape index (κ1) is 14.1. The summed E-state index contributed by atoms with van der Waals surface area (Å²) in [7, 11) is 3.21. The zero-order chi connectivity index (χ0) is 13.8. The summed E-state index contributed by atoms with van der Waals surface area (Å²) in [6, 6.07) is 7.60. The van der Waals surface area contributed by atoms with Crippen molar-refractivity contribution in [3.05, 3.63) is 35.4 Å². The summed E-state index contributed by atoms with van der Waals surface area (Å²) in [5, 5.41) is -0.587. The highest BCUT2D eigenvalue weighted by atomic mass is 35.5. The molecule has 0 aliphatic heterocycles. The van der Waals surface area contributed by atoms with Gasteiger partial charge in [-0.15, -0.1) is 11.6 Å². The minimum atomic E-state index is -0.587. The zero-order valence-corrected chi connectivity index (χ0v) is 11.8. The Labute approximate surface area is 118 Å². The van der Waals surface area contributed by atoms with Gasteiger partial charge in [0.15, 0.2) is 5.78 Å². The molecule has 2 unspecified atom stereocenters. The number of allylic oxidation sites excluding steroid dienone is 1. The van der Waals surface area contributed by atoms with Crippen LogP contribution in [-0.4, -0.2) is 31.5 Å². The molecule has 1 aliphatic carbocycles. The fourth-order valence-electron chi connectivity index (χ4n) is 2.23. The minimum Gasteiger partial charge on any atom is -0.497 e. The van der Waals surface area contributed by atoms with Gasteiger partial charge in [0.1, 0.15) is 11.1 Å². The number of alkyl halides is 1. The van der Waals surface area contributed by atoms with Crippen LogP contribution in [0.25, 0.3) is 6.08 Å². The average molecular weight is 281 g/mol. The molecular formula is C15H17ClO3. The molecule has 0 amide bonds. The molecule has 4 heteroatoms. The Morgan fingerprint density at radius 1 is 1.37 bits per heavy atom. The van der Waals surface area contributed by atoms with Crippen molar-refractivity contribution in [2.45, 2.75) is 24.3 Å². The number of ketones is 1. The first-order chi connectivity index (χ1) is 9.15. The van der Waals surface area contributed by atoms with Crippen molar-refractivity contribution in [1.29, 1.82) is 0 Å². The van der Waals surface area contributed by atoms with E-state index < -0.39 is 5.38 Å². The molecule has 0 aromatic heterocycles. The molecule has 2 rings (SSSR count). The lowest BCUT2D eigenvalue weighted by atomic mass is 9.89. The van der Waals surface area contributed by atoms with E-state index in [1.807, 2.05) is 30.3 Å². The monoisotopic (exact) mass is 280 g/mol. The zero-order valence-electron chi connectivity index (χ0n) is 11.1. The molecule has 1 aromatic rings. The molecule has 0 spiro atoms. The van der Waals surface area contributed by atoms with Gasteiger partial charge in [-0.2, -0.15) is 0 Å². The maximum atomic E-state index is 12.1. The van der Waals surface area contributed by atoms with E-state index in [4.69, 9.17) is 21.1 Å². The maximum Gasteiger partial charge on any atom is 0.179 e. The number of rotatable bonds is 3. The van der Waals surface area contributed by atoms with Crippen LogP contribution in [0.15, 0.2) is 29.8 Å². The summed E-state index contributed by atoms with van der Waals surface area (Å²) in [5.41, 5.74) is 1.70. The van der Waals surface area contributed by atoms with Crippen molar-refractivity contribution in [2.24, 2.45) is 0 Å². The van der Waals surface area contributed by atoms with E-state index in [-0.39, 0.29) is 11.9 Å². The Morgan fingerprint density at radius 3 is 2.84 bits per heavy atom. The summed E-state index contributed by atoms with van der Waals surface area (Å²) in [4.78, 5) is 12.1. The number of halogens is 1. The molecule has 2 atom stereocenters. The predicted molar refractivity (Wildman–Crippen MR) is 75.7 cm³/mol. The minimum absolute atomic E-state index is 0.0393. The van der Waals surface area contributed by atoms with E-state index in [1.165, 1.54) is 0 Å². The topological polar surface area (TPSA) is 35.5 Å². The molecule has 0 bridgehead atoms. The average Bonchev–Trinajstić information content (AvgIpc) is 2.44. The van der Waals surface area contributed by atoms with Crippen LogP contribution >= 0.6 is 11.6 Å². The van der Waals surface area contributed by atoms with E-state index in [0.29, 0.717) is 6.42 Å². The molecule has 19 heavy (non-hydrogen) atoms. The summed E-state index contributed by atoms with van der Waals surface area (Å²) < 4.78 is 10.4. The number of carbonyl (C=O) groups excluding carboxylic acids is 1. The quantitative estimate of drug-likeness (QED) is 0.630. The molecule has 1 aliphatic rings. The molecule has 1 aromatic carbocycles. The van der Waals surface area contributed by atoms with Crippen LogP contribution in [0.5, 0.6) is 5.75 Å². The Kier molecular flexibility index (Phi) is 4.61. The van der Waals surface area contributed by atoms with Crippen LogP contribution < -0.4 is 4.74 Å². The summed E-state index contributed by atoms with van der Waals surface area (Å²) in [6.45, 7) is 0. The van der Waals surface area contributed by atoms with Gasteiger partial charge in [-0.3, -0.25) is 4.79 Å². The smallest absolute Gasteiger partial charge is 0.179 e. The lowest BCUT2D eigenvalue weighted by molar-refractivity contribution is -0.118. The number of Topliss-reactive ketones (excluding diaryl/α,β-unsaturated/α-hetero) is 1. The normalized spacial score (nSPS) is 25.6. The van der Waals surface area contributed by atoms with Gasteiger partial charge in [0.25, 0.3) is 0 Å². The van der Waals surface area contributed by atoms with Gasteiger partial charge in [-0.1, -0.05) is 12.1 Å². The van der Waals surface area contributed by atoms with E-state index in [1.54, 1.807) is 14.2 Å². The van der Waals surface area contributed by atoms with Crippen molar-refractivity contribution < 1.29 is 14.3 Å². The largest absolute Gasteiger partial charge is 0.497 e. The van der Waals surface area contributed by atoms with Crippen molar-refractivity contribution in [3.8, 4) is 5.75 Å². The third-order valence-electron chi connectivity index (χ3n) is 3.33. The third kappa shape index (κ3) is 3.17. The van der Waals surface area contributed by atoms with Gasteiger partial charge in [0, 0.05) is 7.11 Å². The van der Waals surface area contributed by atoms with Crippen LogP contribution in [0.1, 0.15) is 18.4 Å². The molecule has 1 fully saturated rings. The molecule has 3 nitrogen and oxygen atoms in total. The Hall–Kier alpha value is -1.32. The molecule has 0 radical (unpaired) electrons. The van der Waals surface area contributed by atoms with Crippen molar-refractivity contribution in [1.82, 2.24) is 0 Å². The second-order valence-corrected chi connectivity index (χ2v) is 5.00. The maximum absolute atomic E-state index is 12.1. The second-order valence-electron chi connectivity index (χ2n) is 4.53. The van der Waals surface area contributed by atoms with Gasteiger partial charge < -0.3 is 9.47 Å². The highest BCUT2D eigenvalue weighted by molar-refractivity contribution is 6.35. The molecule has 102 valence electrons. The summed E-state index contributed by atoms with van der Waals surface area (Å²) in [5.74, 6) is 0.734. The van der Waals surface area contributed by atoms with Crippen LogP contribution in [0.2, 0.25) is 0 Å². The van der Waals surface area contributed by atoms with Gasteiger partial charge in [-0.05, 0) is 42.2 Å². The van der Waals surface area contributed by atoms with Crippen LogP contribution in [0, 0.1) is 0 Å². The standard InChI is InChI=1S/C15H17ClO3/c1-18-12-5-3-4-10(9-12)8-11-6-7-13(19-2)14(16)15(11)17/h3-5,8-9,13-14H,6-7H2,1-2H3. The van der Waals surface area contributed by atoms with Crippen molar-refractivity contribution >= 4 is 23.5 Å². The van der Waals surface area contributed by atoms with Gasteiger partial charge >= 0.3 is 0 Å². The molecule has 0 heterocycles. The lowest BCUT2D eigenvalue weighted by Crippen LogP contribution is -2.36. The second kappa shape index (κ2) is 6.22. The van der Waals surface area contributed by atoms with E-state index in [9.17, 15) is 4.79 Å². The van der Waals surface area contributed by atoms with Gasteiger partial charge in [0.2, 0.25) is 0 Å². The number of ether oxygens (including phenoxy) is 2. The molecular weight excluding hydrogens is 264 g/mol. The predicted octanol–water partition coefficient (Wildman–Crippen LogP) is 3.06. The molecule has 0 N–H and O–H groups in total. The lowest BCUT2D eigenvalue weighted by Gasteiger charge is -2.26. The van der Waals surface area contributed by atoms with Crippen LogP contribution in [-0.2, 0) is 9.53 Å². The molecule has 0 saturated heterocycles. The summed E-state index contributed by atoms with van der Waals surface area (Å²) >= 11 is 6.11. The Morgan fingerprint density at radius 2 is 2.16 bits per heavy atom. The third-order valence-corrected chi connectivity index (χ3v) is 3.81. The SMILES string of the molecule is COc1cccc(C=C2CCC(OC)C(Cl)C2=O)c1. The van der Waals surface area contributed by atoms with E-state index in [0.717, 1.165) is 23.3 Å². The Bertz CT molecular complexity index is 496. The fourth-order valence-corrected chi connectivity index (χ4v) is 2.60. The van der Waals surface area contributed by atoms with Gasteiger partial charge in [-0.25, -0.2) is 0 Å².